The molecule has 2 aromatic carbocycles. The SMILES string of the molecule is CCCCCCCCCCOc1ccc(C(=O)Oc2ccc(OC(=O)c3ccsc3)cc2)cc1. The average molecular weight is 481 g/mol. The molecule has 5 nitrogen and oxygen atoms in total. The van der Waals surface area contributed by atoms with Gasteiger partial charge >= 0.3 is 11.9 Å². The van der Waals surface area contributed by atoms with Gasteiger partial charge in [0.2, 0.25) is 0 Å². The molecule has 0 fully saturated rings. The van der Waals surface area contributed by atoms with Gasteiger partial charge in [-0.1, -0.05) is 51.9 Å². The minimum atomic E-state index is -0.461. The van der Waals surface area contributed by atoms with E-state index in [2.05, 4.69) is 6.92 Å². The van der Waals surface area contributed by atoms with Crippen molar-refractivity contribution >= 4 is 23.3 Å². The number of thiophene rings is 1. The Morgan fingerprint density at radius 1 is 0.647 bits per heavy atom. The molecule has 0 aliphatic heterocycles. The lowest BCUT2D eigenvalue weighted by Crippen LogP contribution is -2.09. The van der Waals surface area contributed by atoms with Crippen LogP contribution in [-0.2, 0) is 0 Å². The number of hydrogen-bond acceptors (Lipinski definition) is 6. The topological polar surface area (TPSA) is 61.8 Å². The zero-order valence-corrected chi connectivity index (χ0v) is 20.5. The van der Waals surface area contributed by atoms with Crippen molar-refractivity contribution < 1.29 is 23.8 Å². The van der Waals surface area contributed by atoms with Gasteiger partial charge in [-0.15, -0.1) is 0 Å². The van der Waals surface area contributed by atoms with Crippen LogP contribution in [0.15, 0.2) is 65.4 Å². The summed E-state index contributed by atoms with van der Waals surface area (Å²) in [7, 11) is 0. The smallest absolute Gasteiger partial charge is 0.344 e. The predicted molar refractivity (Wildman–Crippen MR) is 135 cm³/mol. The van der Waals surface area contributed by atoms with E-state index in [0.717, 1.165) is 12.2 Å². The molecule has 180 valence electrons. The van der Waals surface area contributed by atoms with Gasteiger partial charge in [0.05, 0.1) is 17.7 Å². The molecular formula is C28H32O5S. The van der Waals surface area contributed by atoms with Crippen LogP contribution in [0.1, 0.15) is 79.0 Å². The molecule has 6 heteroatoms. The van der Waals surface area contributed by atoms with Gasteiger partial charge in [0, 0.05) is 5.38 Å². The summed E-state index contributed by atoms with van der Waals surface area (Å²) in [6.07, 6.45) is 10.1. The summed E-state index contributed by atoms with van der Waals surface area (Å²) in [4.78, 5) is 24.4. The molecule has 1 aromatic heterocycles. The monoisotopic (exact) mass is 480 g/mol. The van der Waals surface area contributed by atoms with Crippen LogP contribution in [0.5, 0.6) is 17.2 Å². The average Bonchev–Trinajstić information content (AvgIpc) is 3.40. The fourth-order valence-electron chi connectivity index (χ4n) is 3.40. The highest BCUT2D eigenvalue weighted by Gasteiger charge is 2.11. The van der Waals surface area contributed by atoms with Crippen LogP contribution in [0.4, 0.5) is 0 Å². The van der Waals surface area contributed by atoms with Crippen LogP contribution in [0.2, 0.25) is 0 Å². The van der Waals surface area contributed by atoms with Gasteiger partial charge < -0.3 is 14.2 Å². The lowest BCUT2D eigenvalue weighted by Gasteiger charge is -2.08. The Kier molecular flexibility index (Phi) is 10.7. The van der Waals surface area contributed by atoms with E-state index in [9.17, 15) is 9.59 Å². The lowest BCUT2D eigenvalue weighted by atomic mass is 10.1. The molecule has 0 saturated heterocycles. The molecule has 0 aliphatic rings. The van der Waals surface area contributed by atoms with Gasteiger partial charge in [-0.25, -0.2) is 9.59 Å². The van der Waals surface area contributed by atoms with Crippen LogP contribution < -0.4 is 14.2 Å². The first-order valence-corrected chi connectivity index (χ1v) is 12.9. The molecule has 0 unspecified atom stereocenters. The normalized spacial score (nSPS) is 10.6. The van der Waals surface area contributed by atoms with Crippen molar-refractivity contribution in [2.24, 2.45) is 0 Å². The maximum Gasteiger partial charge on any atom is 0.344 e. The maximum absolute atomic E-state index is 12.4. The number of carbonyl (C=O) groups is 2. The summed E-state index contributed by atoms with van der Waals surface area (Å²) in [5.41, 5.74) is 0.943. The van der Waals surface area contributed by atoms with Crippen LogP contribution >= 0.6 is 11.3 Å². The fourth-order valence-corrected chi connectivity index (χ4v) is 4.03. The number of esters is 2. The van der Waals surface area contributed by atoms with E-state index < -0.39 is 11.9 Å². The quantitative estimate of drug-likeness (QED) is 0.134. The third kappa shape index (κ3) is 8.67. The standard InChI is InChI=1S/C28H32O5S/c1-2-3-4-5-6-7-8-9-19-31-24-12-10-22(11-13-24)27(29)32-25-14-16-26(17-15-25)33-28(30)23-18-20-34-21-23/h10-18,20-21H,2-9,19H2,1H3. The molecular weight excluding hydrogens is 448 g/mol. The molecule has 3 rings (SSSR count). The van der Waals surface area contributed by atoms with Gasteiger partial charge in [0.25, 0.3) is 0 Å². The predicted octanol–water partition coefficient (Wildman–Crippen LogP) is 7.71. The van der Waals surface area contributed by atoms with Crippen LogP contribution in [0.25, 0.3) is 0 Å². The molecule has 34 heavy (non-hydrogen) atoms. The van der Waals surface area contributed by atoms with E-state index in [-0.39, 0.29) is 0 Å². The Balaban J connectivity index is 1.37. The highest BCUT2D eigenvalue weighted by atomic mass is 32.1. The van der Waals surface area contributed by atoms with Gasteiger partial charge in [-0.05, 0) is 66.4 Å². The molecule has 0 bridgehead atoms. The van der Waals surface area contributed by atoms with E-state index in [4.69, 9.17) is 14.2 Å². The van der Waals surface area contributed by atoms with E-state index >= 15 is 0 Å². The number of unbranched alkanes of at least 4 members (excludes halogenated alkanes) is 7. The number of ether oxygens (including phenoxy) is 3. The van der Waals surface area contributed by atoms with Crippen molar-refractivity contribution in [2.75, 3.05) is 6.61 Å². The number of carbonyl (C=O) groups excluding carboxylic acids is 2. The lowest BCUT2D eigenvalue weighted by molar-refractivity contribution is 0.0719. The summed E-state index contributed by atoms with van der Waals surface area (Å²) >= 11 is 1.43. The fraction of sp³-hybridized carbons (Fsp3) is 0.357. The Morgan fingerprint density at radius 3 is 1.74 bits per heavy atom. The first kappa shape index (κ1) is 25.5. The Bertz CT molecular complexity index is 994. The van der Waals surface area contributed by atoms with Crippen molar-refractivity contribution in [2.45, 2.75) is 58.3 Å². The summed E-state index contributed by atoms with van der Waals surface area (Å²) in [6, 6.07) is 15.0. The number of rotatable bonds is 14. The summed E-state index contributed by atoms with van der Waals surface area (Å²) < 4.78 is 16.5. The molecule has 0 spiro atoms. The molecule has 0 N–H and O–H groups in total. The van der Waals surface area contributed by atoms with Crippen molar-refractivity contribution in [3.63, 3.8) is 0 Å². The highest BCUT2D eigenvalue weighted by molar-refractivity contribution is 7.08. The molecule has 0 atom stereocenters. The minimum absolute atomic E-state index is 0.371. The molecule has 3 aromatic rings. The zero-order chi connectivity index (χ0) is 24.0. The van der Waals surface area contributed by atoms with Gasteiger partial charge in [-0.2, -0.15) is 11.3 Å². The number of benzene rings is 2. The minimum Gasteiger partial charge on any atom is -0.494 e. The van der Waals surface area contributed by atoms with Crippen molar-refractivity contribution in [1.82, 2.24) is 0 Å². The van der Waals surface area contributed by atoms with Crippen molar-refractivity contribution in [3.8, 4) is 17.2 Å². The van der Waals surface area contributed by atoms with Crippen LogP contribution in [0.3, 0.4) is 0 Å². The first-order chi connectivity index (χ1) is 16.7. The Morgan fingerprint density at radius 2 is 1.18 bits per heavy atom. The highest BCUT2D eigenvalue weighted by Crippen LogP contribution is 2.21. The second-order valence-electron chi connectivity index (χ2n) is 8.11. The zero-order valence-electron chi connectivity index (χ0n) is 19.7. The molecule has 0 amide bonds. The first-order valence-electron chi connectivity index (χ1n) is 11.9. The van der Waals surface area contributed by atoms with Crippen LogP contribution in [-0.4, -0.2) is 18.5 Å². The third-order valence-corrected chi connectivity index (χ3v) is 6.04. The second-order valence-corrected chi connectivity index (χ2v) is 8.89. The van der Waals surface area contributed by atoms with Gasteiger partial charge in [0.15, 0.2) is 0 Å². The van der Waals surface area contributed by atoms with Gasteiger partial charge in [0.1, 0.15) is 17.2 Å². The van der Waals surface area contributed by atoms with Crippen LogP contribution in [0, 0.1) is 0 Å². The molecule has 0 radical (unpaired) electrons. The van der Waals surface area contributed by atoms with Gasteiger partial charge in [-0.3, -0.25) is 0 Å². The van der Waals surface area contributed by atoms with E-state index in [0.29, 0.717) is 29.2 Å². The largest absolute Gasteiger partial charge is 0.494 e. The maximum atomic E-state index is 12.4. The van der Waals surface area contributed by atoms with E-state index in [1.165, 1.54) is 56.3 Å². The summed E-state index contributed by atoms with van der Waals surface area (Å²) in [5, 5.41) is 3.54. The molecule has 1 heterocycles. The van der Waals surface area contributed by atoms with Crippen molar-refractivity contribution in [3.05, 3.63) is 76.5 Å². The molecule has 0 saturated carbocycles. The van der Waals surface area contributed by atoms with E-state index in [1.807, 2.05) is 5.38 Å². The van der Waals surface area contributed by atoms with E-state index in [1.54, 1.807) is 60.0 Å². The Hall–Kier alpha value is -3.12. The number of hydrogen-bond donors (Lipinski definition) is 0. The van der Waals surface area contributed by atoms with Crippen molar-refractivity contribution in [1.29, 1.82) is 0 Å². The Labute approximate surface area is 205 Å². The second kappa shape index (κ2) is 14.2. The summed E-state index contributed by atoms with van der Waals surface area (Å²) in [5.74, 6) is 0.619. The summed E-state index contributed by atoms with van der Waals surface area (Å²) in [6.45, 7) is 2.92. The third-order valence-electron chi connectivity index (χ3n) is 5.36. The molecule has 0 aliphatic carbocycles.